The SMILES string of the molecule is CCc1cc(C(F)(F)F)c(CCl)cc1C(F)(F)F. The molecule has 0 aliphatic rings. The maximum atomic E-state index is 12.7. The molecule has 1 aromatic rings. The van der Waals surface area contributed by atoms with Crippen LogP contribution >= 0.6 is 11.6 Å². The van der Waals surface area contributed by atoms with Crippen molar-refractivity contribution >= 4 is 11.6 Å². The molecule has 1 rings (SSSR count). The van der Waals surface area contributed by atoms with Crippen molar-refractivity contribution in [3.8, 4) is 0 Å². The van der Waals surface area contributed by atoms with Gasteiger partial charge in [-0.05, 0) is 29.7 Å². The quantitative estimate of drug-likeness (QED) is 0.529. The predicted molar refractivity (Wildman–Crippen MR) is 55.4 cm³/mol. The van der Waals surface area contributed by atoms with Gasteiger partial charge in [0.1, 0.15) is 0 Å². The molecule has 102 valence electrons. The van der Waals surface area contributed by atoms with Crippen molar-refractivity contribution in [3.63, 3.8) is 0 Å². The Morgan fingerprint density at radius 1 is 0.889 bits per heavy atom. The fraction of sp³-hybridized carbons (Fsp3) is 0.455. The summed E-state index contributed by atoms with van der Waals surface area (Å²) in [4.78, 5) is 0. The van der Waals surface area contributed by atoms with Crippen LogP contribution in [0.1, 0.15) is 29.2 Å². The summed E-state index contributed by atoms with van der Waals surface area (Å²) >= 11 is 5.29. The Kier molecular flexibility index (Phi) is 4.20. The number of alkyl halides is 7. The van der Waals surface area contributed by atoms with Crippen LogP contribution in [0.25, 0.3) is 0 Å². The van der Waals surface area contributed by atoms with Gasteiger partial charge in [-0.25, -0.2) is 0 Å². The lowest BCUT2D eigenvalue weighted by molar-refractivity contribution is -0.142. The van der Waals surface area contributed by atoms with E-state index in [9.17, 15) is 26.3 Å². The fourth-order valence-electron chi connectivity index (χ4n) is 1.62. The molecule has 0 aliphatic carbocycles. The second-order valence-corrected chi connectivity index (χ2v) is 3.92. The molecule has 0 bridgehead atoms. The summed E-state index contributed by atoms with van der Waals surface area (Å²) in [6.45, 7) is 1.37. The Bertz CT molecular complexity index is 391. The van der Waals surface area contributed by atoms with Gasteiger partial charge in [0, 0.05) is 5.88 Å². The summed E-state index contributed by atoms with van der Waals surface area (Å²) in [6.07, 6.45) is -9.53. The van der Waals surface area contributed by atoms with Gasteiger partial charge in [-0.15, -0.1) is 11.6 Å². The van der Waals surface area contributed by atoms with Crippen LogP contribution in [0.15, 0.2) is 12.1 Å². The van der Waals surface area contributed by atoms with E-state index in [0.717, 1.165) is 0 Å². The van der Waals surface area contributed by atoms with Crippen LogP contribution in [0.5, 0.6) is 0 Å². The summed E-state index contributed by atoms with van der Waals surface area (Å²) in [7, 11) is 0. The highest BCUT2D eigenvalue weighted by Crippen LogP contribution is 2.39. The second-order valence-electron chi connectivity index (χ2n) is 3.65. The van der Waals surface area contributed by atoms with Crippen LogP contribution in [0.4, 0.5) is 26.3 Å². The molecule has 0 spiro atoms. The second kappa shape index (κ2) is 4.99. The number of benzene rings is 1. The molecule has 0 N–H and O–H groups in total. The van der Waals surface area contributed by atoms with E-state index >= 15 is 0 Å². The van der Waals surface area contributed by atoms with Gasteiger partial charge in [-0.2, -0.15) is 26.3 Å². The van der Waals surface area contributed by atoms with Crippen LogP contribution in [0.3, 0.4) is 0 Å². The zero-order valence-electron chi connectivity index (χ0n) is 9.21. The van der Waals surface area contributed by atoms with E-state index in [2.05, 4.69) is 0 Å². The van der Waals surface area contributed by atoms with Gasteiger partial charge in [0.15, 0.2) is 0 Å². The van der Waals surface area contributed by atoms with Crippen LogP contribution in [0.2, 0.25) is 0 Å². The average molecular weight is 291 g/mol. The number of hydrogen-bond donors (Lipinski definition) is 0. The smallest absolute Gasteiger partial charge is 0.166 e. The molecule has 7 heteroatoms. The summed E-state index contributed by atoms with van der Waals surface area (Å²) in [5, 5.41) is 0. The summed E-state index contributed by atoms with van der Waals surface area (Å²) < 4.78 is 75.9. The lowest BCUT2D eigenvalue weighted by atomic mass is 9.97. The summed E-state index contributed by atoms with van der Waals surface area (Å²) in [6, 6.07) is 1.01. The van der Waals surface area contributed by atoms with Crippen molar-refractivity contribution in [1.29, 1.82) is 0 Å². The van der Waals surface area contributed by atoms with Crippen molar-refractivity contribution in [1.82, 2.24) is 0 Å². The van der Waals surface area contributed by atoms with Gasteiger partial charge in [-0.1, -0.05) is 6.92 Å². The zero-order valence-corrected chi connectivity index (χ0v) is 9.97. The third kappa shape index (κ3) is 3.10. The van der Waals surface area contributed by atoms with Crippen LogP contribution in [-0.4, -0.2) is 0 Å². The van der Waals surface area contributed by atoms with Crippen molar-refractivity contribution in [2.75, 3.05) is 0 Å². The number of hydrogen-bond acceptors (Lipinski definition) is 0. The first kappa shape index (κ1) is 15.1. The molecule has 0 saturated heterocycles. The molecule has 0 saturated carbocycles. The van der Waals surface area contributed by atoms with Crippen molar-refractivity contribution < 1.29 is 26.3 Å². The van der Waals surface area contributed by atoms with Crippen LogP contribution < -0.4 is 0 Å². The first-order chi connectivity index (χ1) is 8.11. The lowest BCUT2D eigenvalue weighted by Gasteiger charge is -2.18. The van der Waals surface area contributed by atoms with Crippen LogP contribution in [0, 0.1) is 0 Å². The molecule has 0 fully saturated rings. The summed E-state index contributed by atoms with van der Waals surface area (Å²) in [5.41, 5.74) is -3.12. The Balaban J connectivity index is 3.52. The van der Waals surface area contributed by atoms with Gasteiger partial charge >= 0.3 is 12.4 Å². The third-order valence-electron chi connectivity index (χ3n) is 2.46. The van der Waals surface area contributed by atoms with Gasteiger partial charge in [0.05, 0.1) is 11.1 Å². The Hall–Kier alpha value is -0.910. The minimum atomic E-state index is -4.71. The monoisotopic (exact) mass is 290 g/mol. The molecule has 0 unspecified atom stereocenters. The molecular formula is C11H9ClF6. The minimum Gasteiger partial charge on any atom is -0.166 e. The molecule has 0 atom stereocenters. The largest absolute Gasteiger partial charge is 0.416 e. The number of halogens is 7. The molecule has 0 aliphatic heterocycles. The Morgan fingerprint density at radius 3 is 1.61 bits per heavy atom. The van der Waals surface area contributed by atoms with E-state index < -0.39 is 34.9 Å². The molecule has 18 heavy (non-hydrogen) atoms. The van der Waals surface area contributed by atoms with Crippen molar-refractivity contribution in [2.45, 2.75) is 31.6 Å². The Labute approximate surface area is 105 Å². The normalized spacial score (nSPS) is 12.9. The van der Waals surface area contributed by atoms with E-state index in [1.807, 2.05) is 0 Å². The molecule has 0 nitrogen and oxygen atoms in total. The van der Waals surface area contributed by atoms with E-state index in [-0.39, 0.29) is 12.0 Å². The highest BCUT2D eigenvalue weighted by atomic mass is 35.5. The zero-order chi connectivity index (χ0) is 14.1. The highest BCUT2D eigenvalue weighted by Gasteiger charge is 2.38. The molecule has 0 heterocycles. The van der Waals surface area contributed by atoms with E-state index in [4.69, 9.17) is 11.6 Å². The minimum absolute atomic E-state index is 0.138. The molecule has 0 amide bonds. The van der Waals surface area contributed by atoms with Gasteiger partial charge in [-0.3, -0.25) is 0 Å². The van der Waals surface area contributed by atoms with Crippen molar-refractivity contribution in [3.05, 3.63) is 34.4 Å². The van der Waals surface area contributed by atoms with Gasteiger partial charge < -0.3 is 0 Å². The van der Waals surface area contributed by atoms with Crippen molar-refractivity contribution in [2.24, 2.45) is 0 Å². The van der Waals surface area contributed by atoms with E-state index in [1.54, 1.807) is 0 Å². The molecular weight excluding hydrogens is 282 g/mol. The third-order valence-corrected chi connectivity index (χ3v) is 2.75. The molecule has 0 aromatic heterocycles. The highest BCUT2D eigenvalue weighted by molar-refractivity contribution is 6.17. The van der Waals surface area contributed by atoms with Gasteiger partial charge in [0.25, 0.3) is 0 Å². The number of aryl methyl sites for hydroxylation is 1. The fourth-order valence-corrected chi connectivity index (χ4v) is 1.84. The van der Waals surface area contributed by atoms with Crippen LogP contribution in [-0.2, 0) is 24.7 Å². The van der Waals surface area contributed by atoms with Gasteiger partial charge in [0.2, 0.25) is 0 Å². The standard InChI is InChI=1S/C11H9ClF6/c1-2-6-3-9(11(16,17)18)7(5-12)4-8(6)10(13,14)15/h3-4H,2,5H2,1H3. The Morgan fingerprint density at radius 2 is 1.28 bits per heavy atom. The maximum absolute atomic E-state index is 12.7. The first-order valence-corrected chi connectivity index (χ1v) is 5.50. The van der Waals surface area contributed by atoms with E-state index in [1.165, 1.54) is 6.92 Å². The predicted octanol–water partition coefficient (Wildman–Crippen LogP) is 5.03. The molecule has 0 radical (unpaired) electrons. The summed E-state index contributed by atoms with van der Waals surface area (Å²) in [5.74, 6) is -0.623. The maximum Gasteiger partial charge on any atom is 0.416 e. The molecule has 1 aromatic carbocycles. The topological polar surface area (TPSA) is 0 Å². The van der Waals surface area contributed by atoms with E-state index in [0.29, 0.717) is 12.1 Å². The lowest BCUT2D eigenvalue weighted by Crippen LogP contribution is -2.15. The average Bonchev–Trinajstić information content (AvgIpc) is 2.24. The number of rotatable bonds is 2. The first-order valence-electron chi connectivity index (χ1n) is 4.97.